The van der Waals surface area contributed by atoms with Crippen molar-refractivity contribution < 1.29 is 253 Å². The number of hydrogen-bond donors (Lipinski definition) is 9. The molecule has 0 radical (unpaired) electrons. The van der Waals surface area contributed by atoms with Crippen molar-refractivity contribution in [1.29, 1.82) is 0 Å². The average Bonchev–Trinajstić information content (AvgIpc) is 1.41. The van der Waals surface area contributed by atoms with E-state index in [4.69, 9.17) is 9.84 Å². The molecular weight excluding hydrogens is 1740 g/mol. The van der Waals surface area contributed by atoms with E-state index in [9.17, 15) is 120 Å². The van der Waals surface area contributed by atoms with E-state index in [2.05, 4.69) is 16.0 Å². The zero-order chi connectivity index (χ0) is 87.7. The number of anilines is 1. The molecule has 2 aliphatic heterocycles. The van der Waals surface area contributed by atoms with Gasteiger partial charge >= 0.3 is 148 Å². The summed E-state index contributed by atoms with van der Waals surface area (Å²) in [5, 5.41) is 57.3. The second kappa shape index (κ2) is 44.9. The molecule has 2 heterocycles. The molecule has 4 bridgehead atoms. The van der Waals surface area contributed by atoms with Gasteiger partial charge in [-0.15, -0.1) is 0 Å². The van der Waals surface area contributed by atoms with Gasteiger partial charge in [0.25, 0.3) is 0 Å². The van der Waals surface area contributed by atoms with Crippen LogP contribution in [-0.4, -0.2) is 189 Å². The Morgan fingerprint density at radius 2 is 1.11 bits per heavy atom. The van der Waals surface area contributed by atoms with Crippen LogP contribution in [0.5, 0.6) is 5.75 Å². The molecule has 0 aromatic heterocycles. The first-order valence-electron chi connectivity index (χ1n) is 39.8. The molecule has 42 heteroatoms. The fourth-order valence-corrected chi connectivity index (χ4v) is 23.3. The number of amides is 3. The molecule has 9 N–H and O–H groups in total. The van der Waals surface area contributed by atoms with Crippen LogP contribution in [0, 0.1) is 22.2 Å². The first-order chi connectivity index (χ1) is 55.4. The summed E-state index contributed by atoms with van der Waals surface area (Å²) in [6.07, 6.45) is 11.6. The van der Waals surface area contributed by atoms with E-state index >= 15 is 0 Å². The van der Waals surface area contributed by atoms with E-state index in [1.54, 1.807) is 12.1 Å². The van der Waals surface area contributed by atoms with Crippen LogP contribution >= 0.6 is 7.37 Å². The van der Waals surface area contributed by atoms with Gasteiger partial charge in [0.1, 0.15) is 54.4 Å². The van der Waals surface area contributed by atoms with Crippen LogP contribution in [0.1, 0.15) is 219 Å². The molecule has 10 rings (SSSR count). The fraction of sp³-hybridized carbons (Fsp3) is 0.568. The summed E-state index contributed by atoms with van der Waals surface area (Å²) in [4.78, 5) is 112. The second-order valence-electron chi connectivity index (χ2n) is 34.1. The Hall–Kier alpha value is -4.52. The molecule has 5 aliphatic carbocycles. The first-order valence-corrected chi connectivity index (χ1v) is 47.6. The molecule has 33 nitrogen and oxygen atoms in total. The minimum atomic E-state index is -4.91. The summed E-state index contributed by atoms with van der Waals surface area (Å²) < 4.78 is 167. The van der Waals surface area contributed by atoms with Gasteiger partial charge in [0.15, 0.2) is 5.71 Å². The van der Waals surface area contributed by atoms with Gasteiger partial charge in [-0.1, -0.05) is 26.3 Å². The van der Waals surface area contributed by atoms with Crippen LogP contribution in [0.4, 0.5) is 11.4 Å². The summed E-state index contributed by atoms with van der Waals surface area (Å²) in [5.74, 6) is -9.30. The number of nitrogens with zero attached hydrogens (tertiary/aromatic N) is 2. The number of carbonyl (C=O) groups is 8. The fourth-order valence-electron chi connectivity index (χ4n) is 19.4. The molecule has 3 aromatic carbocycles. The Morgan fingerprint density at radius 3 is 1.65 bits per heavy atom. The zero-order valence-corrected chi connectivity index (χ0v) is 83.1. The topological polar surface area (TPSA) is 555 Å². The number of aliphatic carboxylic acids is 5. The molecule has 7 aliphatic rings. The molecule has 7 atom stereocenters. The number of allylic oxidation sites excluding steroid dienone is 7. The molecule has 123 heavy (non-hydrogen) atoms. The minimum absolute atomic E-state index is 0. The van der Waals surface area contributed by atoms with E-state index in [1.807, 2.05) is 55.4 Å². The standard InChI is InChI=1S/C81H108N5O28PS4.4Na/c1-76(2)60-44-58(118(108,109)110)25-27-63(60)85(65(76)29-18-53-14-13-15-54(73(53)114-56-21-23-57(24-22-56)117(105,106)107)19-30-66-77(3,4)61-45-59(119(111,112)113)26-28-64(61)86(66)41-11-12-43-116(102,103)104)40-10-6-8-16-67(87)82-39-9-5-7-17-69(89)84-81-50-78(47-79(51-81,37-33-71(92)93)49-80(48-78,52-81)38-34-72(94)95)36-32-68(88)83-62(75(98)99)35-42-115(100,101)46-55(74(96)97)20-31-70(90)91;;;;/h18-19,21-30,44-45,55,62H,5-17,20,31-43,46-52H2,1-4H3,(H12-,82,83,84,87,88,89,90,91,92,93,94,95,96,97,98,99,100,101,102,103,104,105,106,107,108,109,110,111,112,113);;;;/q;4*+1/p-3/t55?,62-,78?,79-,80+,81?;;;;/m0..../s1. The number of fused-ring (bicyclic) bond motifs is 2. The Morgan fingerprint density at radius 1 is 0.569 bits per heavy atom. The van der Waals surface area contributed by atoms with Crippen LogP contribution in [0.2, 0.25) is 0 Å². The maximum Gasteiger partial charge on any atom is 1.00 e. The van der Waals surface area contributed by atoms with E-state index in [1.165, 1.54) is 42.5 Å². The molecule has 4 saturated carbocycles. The normalized spacial score (nSPS) is 22.2. The zero-order valence-electron chi connectivity index (χ0n) is 70.9. The summed E-state index contributed by atoms with van der Waals surface area (Å²) in [6.45, 7) is 8.26. The minimum Gasteiger partial charge on any atom is -0.748 e. The summed E-state index contributed by atoms with van der Waals surface area (Å²) >= 11 is 0. The van der Waals surface area contributed by atoms with E-state index in [0.717, 1.165) is 12.1 Å². The summed E-state index contributed by atoms with van der Waals surface area (Å²) in [7, 11) is -23.6. The summed E-state index contributed by atoms with van der Waals surface area (Å²) in [5.41, 5.74) is -0.115. The van der Waals surface area contributed by atoms with Crippen molar-refractivity contribution in [2.24, 2.45) is 22.2 Å². The molecule has 0 spiro atoms. The molecule has 3 aromatic rings. The van der Waals surface area contributed by atoms with Crippen LogP contribution in [-0.2, 0) is 94.2 Å². The van der Waals surface area contributed by atoms with Crippen molar-refractivity contribution in [2.45, 2.75) is 245 Å². The second-order valence-corrected chi connectivity index (χ2v) is 42.3. The number of hydrogen-bond acceptors (Lipinski definition) is 23. The maximum atomic E-state index is 14.2. The van der Waals surface area contributed by atoms with Gasteiger partial charge in [-0.3, -0.25) is 38.1 Å². The van der Waals surface area contributed by atoms with Gasteiger partial charge < -0.3 is 74.2 Å². The largest absolute Gasteiger partial charge is 1.00 e. The van der Waals surface area contributed by atoms with Crippen LogP contribution in [0.15, 0.2) is 122 Å². The number of rotatable bonds is 46. The van der Waals surface area contributed by atoms with Crippen molar-refractivity contribution in [3.63, 3.8) is 0 Å². The number of benzene rings is 3. The molecule has 654 valence electrons. The molecule has 0 saturated heterocycles. The molecule has 4 unspecified atom stereocenters. The van der Waals surface area contributed by atoms with Gasteiger partial charge in [0, 0.05) is 116 Å². The van der Waals surface area contributed by atoms with Gasteiger partial charge in [0.2, 0.25) is 30.8 Å². The van der Waals surface area contributed by atoms with Crippen LogP contribution in [0.3, 0.4) is 0 Å². The number of nitrogens with one attached hydrogen (secondary N) is 3. The third kappa shape index (κ3) is 29.8. The van der Waals surface area contributed by atoms with Gasteiger partial charge in [-0.25, -0.2) is 38.5 Å². The molecule has 3 amide bonds. The number of unbranched alkanes of at least 4 members (excludes halogenated alkanes) is 5. The van der Waals surface area contributed by atoms with Gasteiger partial charge in [0.05, 0.1) is 36.1 Å². The Kier molecular flexibility index (Phi) is 39.8. The van der Waals surface area contributed by atoms with E-state index in [0.29, 0.717) is 160 Å². The van der Waals surface area contributed by atoms with Crippen molar-refractivity contribution in [2.75, 3.05) is 42.6 Å². The Bertz CT molecular complexity index is 5120. The van der Waals surface area contributed by atoms with Crippen molar-refractivity contribution in [1.82, 2.24) is 16.0 Å². The average molecular weight is 1850 g/mol. The van der Waals surface area contributed by atoms with Gasteiger partial charge in [-0.05, 0) is 242 Å². The van der Waals surface area contributed by atoms with Crippen LogP contribution in [0.25, 0.3) is 0 Å². The third-order valence-corrected chi connectivity index (χ3v) is 29.4. The predicted octanol–water partition coefficient (Wildman–Crippen LogP) is -2.46. The van der Waals surface area contributed by atoms with E-state index in [-0.39, 0.29) is 207 Å². The predicted molar refractivity (Wildman–Crippen MR) is 428 cm³/mol. The maximum absolute atomic E-state index is 14.2. The van der Waals surface area contributed by atoms with Gasteiger partial charge in [-0.2, -0.15) is 4.58 Å². The first kappa shape index (κ1) is 109. The van der Waals surface area contributed by atoms with E-state index < -0.39 is 180 Å². The third-order valence-electron chi connectivity index (χ3n) is 24.1. The number of ether oxygens (including phenoxy) is 1. The smallest absolute Gasteiger partial charge is 0.748 e. The Labute approximate surface area is 806 Å². The Balaban J connectivity index is 0.00000672. The monoisotopic (exact) mass is 1850 g/mol. The quantitative estimate of drug-likeness (QED) is 0.00931. The van der Waals surface area contributed by atoms with Crippen molar-refractivity contribution in [3.05, 3.63) is 119 Å². The van der Waals surface area contributed by atoms with Crippen LogP contribution < -0.4 is 144 Å². The number of carboxylic acids is 5. The SMILES string of the molecule is CC1(C)C(/C=C/C2=C(Oc3ccc(S(=O)(=O)[O-])cc3)C(=C/C=C3/N(CCCCS(=O)(=O)[O-])c4ccc(S(=O)(=O)[O-])cc4C3(C)C)/CCC2)=[N+](CCCCCC(=O)NCCCCCC(=O)NC23CC4(CCC(=O)N[C@@H](CCP(=O)(O)CC(CCC(=O)O)C(=O)O)C(=O)O)C[C@@](CCC(=O)O)(C2)C[C@](CCC(=O)O)(C4)C3)c2ccc(S(=O)(=O)[O-])cc21.[Na+].[Na+].[Na+].[Na+]. The van der Waals surface area contributed by atoms with Crippen molar-refractivity contribution >= 4 is 112 Å². The number of carboxylic acid groups (broad SMARTS) is 5. The molecule has 4 fully saturated rings. The molecular formula is C81H105N5Na4O28PS4+. The summed E-state index contributed by atoms with van der Waals surface area (Å²) in [6, 6.07) is 11.4. The number of carbonyl (C=O) groups excluding carboxylic acids is 3. The van der Waals surface area contributed by atoms with Crippen molar-refractivity contribution in [3.8, 4) is 5.75 Å².